The second-order valence-corrected chi connectivity index (χ2v) is 4.09. The van der Waals surface area contributed by atoms with E-state index in [1.165, 1.54) is 0 Å². The van der Waals surface area contributed by atoms with Crippen LogP contribution in [0, 0.1) is 0 Å². The molecule has 1 aromatic carbocycles. The van der Waals surface area contributed by atoms with Crippen LogP contribution in [0.1, 0.15) is 12.5 Å². The molecule has 0 fully saturated rings. The highest BCUT2D eigenvalue weighted by Crippen LogP contribution is 2.12. The molecule has 18 heavy (non-hydrogen) atoms. The molecule has 0 aliphatic carbocycles. The molecule has 2 aromatic rings. The first-order valence-corrected chi connectivity index (χ1v) is 6.10. The van der Waals surface area contributed by atoms with E-state index in [2.05, 4.69) is 21.7 Å². The lowest BCUT2D eigenvalue weighted by molar-refractivity contribution is -0.120. The molecule has 0 saturated carbocycles. The fourth-order valence-corrected chi connectivity index (χ4v) is 1.82. The molecule has 0 aliphatic rings. The van der Waals surface area contributed by atoms with Crippen LogP contribution in [0.5, 0.6) is 0 Å². The molecule has 4 nitrogen and oxygen atoms in total. The van der Waals surface area contributed by atoms with E-state index < -0.39 is 0 Å². The SMILES string of the molecule is CCNC(=O)CNCc1ccc2ncccc2c1. The molecule has 2 rings (SSSR count). The Bertz CT molecular complexity index is 539. The molecular weight excluding hydrogens is 226 g/mol. The van der Waals surface area contributed by atoms with Crippen LogP contribution in [-0.4, -0.2) is 24.0 Å². The van der Waals surface area contributed by atoms with Crippen LogP contribution < -0.4 is 10.6 Å². The van der Waals surface area contributed by atoms with Gasteiger partial charge in [0.05, 0.1) is 12.1 Å². The third-order valence-corrected chi connectivity index (χ3v) is 2.66. The van der Waals surface area contributed by atoms with Crippen molar-refractivity contribution in [3.63, 3.8) is 0 Å². The molecule has 94 valence electrons. The summed E-state index contributed by atoms with van der Waals surface area (Å²) in [5.74, 6) is 0.0277. The molecule has 0 saturated heterocycles. The van der Waals surface area contributed by atoms with E-state index in [0.29, 0.717) is 19.6 Å². The molecule has 1 heterocycles. The smallest absolute Gasteiger partial charge is 0.233 e. The molecule has 1 amide bonds. The number of fused-ring (bicyclic) bond motifs is 1. The van der Waals surface area contributed by atoms with E-state index in [-0.39, 0.29) is 5.91 Å². The maximum atomic E-state index is 11.3. The van der Waals surface area contributed by atoms with Crippen molar-refractivity contribution in [3.05, 3.63) is 42.1 Å². The average Bonchev–Trinajstić information content (AvgIpc) is 2.39. The summed E-state index contributed by atoms with van der Waals surface area (Å²) in [7, 11) is 0. The van der Waals surface area contributed by atoms with Crippen LogP contribution in [-0.2, 0) is 11.3 Å². The van der Waals surface area contributed by atoms with Crippen molar-refractivity contribution < 1.29 is 4.79 Å². The van der Waals surface area contributed by atoms with Gasteiger partial charge in [0.2, 0.25) is 5.91 Å². The number of benzene rings is 1. The van der Waals surface area contributed by atoms with Crippen molar-refractivity contribution in [1.82, 2.24) is 15.6 Å². The first-order valence-electron chi connectivity index (χ1n) is 6.10. The number of carbonyl (C=O) groups is 1. The number of hydrogen-bond acceptors (Lipinski definition) is 3. The number of pyridine rings is 1. The highest BCUT2D eigenvalue weighted by atomic mass is 16.1. The van der Waals surface area contributed by atoms with Crippen LogP contribution in [0.2, 0.25) is 0 Å². The van der Waals surface area contributed by atoms with Gasteiger partial charge in [-0.25, -0.2) is 0 Å². The van der Waals surface area contributed by atoms with Gasteiger partial charge in [-0.05, 0) is 30.7 Å². The third kappa shape index (κ3) is 3.28. The predicted octanol–water partition coefficient (Wildman–Crippen LogP) is 1.46. The first kappa shape index (κ1) is 12.5. The summed E-state index contributed by atoms with van der Waals surface area (Å²) in [6.45, 7) is 3.61. The van der Waals surface area contributed by atoms with Gasteiger partial charge in [-0.2, -0.15) is 0 Å². The Kier molecular flexibility index (Phi) is 4.25. The van der Waals surface area contributed by atoms with Gasteiger partial charge in [-0.1, -0.05) is 12.1 Å². The lowest BCUT2D eigenvalue weighted by Crippen LogP contribution is -2.33. The van der Waals surface area contributed by atoms with Gasteiger partial charge in [-0.15, -0.1) is 0 Å². The van der Waals surface area contributed by atoms with Gasteiger partial charge in [0.25, 0.3) is 0 Å². The Hall–Kier alpha value is -1.94. The number of amides is 1. The van der Waals surface area contributed by atoms with Crippen molar-refractivity contribution in [2.75, 3.05) is 13.1 Å². The van der Waals surface area contributed by atoms with Gasteiger partial charge in [0.1, 0.15) is 0 Å². The number of carbonyl (C=O) groups excluding carboxylic acids is 1. The molecular formula is C14H17N3O. The second-order valence-electron chi connectivity index (χ2n) is 4.09. The molecule has 0 radical (unpaired) electrons. The number of nitrogens with one attached hydrogen (secondary N) is 2. The number of nitrogens with zero attached hydrogens (tertiary/aromatic N) is 1. The largest absolute Gasteiger partial charge is 0.355 e. The molecule has 0 spiro atoms. The van der Waals surface area contributed by atoms with Crippen LogP contribution in [0.15, 0.2) is 36.5 Å². The molecule has 2 N–H and O–H groups in total. The van der Waals surface area contributed by atoms with E-state index >= 15 is 0 Å². The minimum absolute atomic E-state index is 0.0277. The van der Waals surface area contributed by atoms with Crippen LogP contribution in [0.25, 0.3) is 10.9 Å². The predicted molar refractivity (Wildman–Crippen MR) is 72.1 cm³/mol. The zero-order valence-electron chi connectivity index (χ0n) is 10.4. The van der Waals surface area contributed by atoms with Gasteiger partial charge >= 0.3 is 0 Å². The lowest BCUT2D eigenvalue weighted by Gasteiger charge is -2.06. The van der Waals surface area contributed by atoms with E-state index in [4.69, 9.17) is 0 Å². The summed E-state index contributed by atoms with van der Waals surface area (Å²) in [6.07, 6.45) is 1.79. The van der Waals surface area contributed by atoms with Gasteiger partial charge in [0, 0.05) is 24.7 Å². The quantitative estimate of drug-likeness (QED) is 0.836. The molecule has 0 aliphatic heterocycles. The number of aromatic nitrogens is 1. The monoisotopic (exact) mass is 243 g/mol. The fraction of sp³-hybridized carbons (Fsp3) is 0.286. The van der Waals surface area contributed by atoms with Gasteiger partial charge in [-0.3, -0.25) is 9.78 Å². The highest BCUT2D eigenvalue weighted by molar-refractivity contribution is 5.79. The van der Waals surface area contributed by atoms with Gasteiger partial charge < -0.3 is 10.6 Å². The zero-order valence-corrected chi connectivity index (χ0v) is 10.4. The summed E-state index contributed by atoms with van der Waals surface area (Å²) < 4.78 is 0. The third-order valence-electron chi connectivity index (χ3n) is 2.66. The van der Waals surface area contributed by atoms with E-state index in [0.717, 1.165) is 16.5 Å². The minimum Gasteiger partial charge on any atom is -0.355 e. The normalized spacial score (nSPS) is 10.5. The van der Waals surface area contributed by atoms with Gasteiger partial charge in [0.15, 0.2) is 0 Å². The molecule has 4 heteroatoms. The Morgan fingerprint density at radius 3 is 3.06 bits per heavy atom. The maximum Gasteiger partial charge on any atom is 0.233 e. The molecule has 0 atom stereocenters. The number of rotatable bonds is 5. The Balaban J connectivity index is 1.93. The van der Waals surface area contributed by atoms with Crippen LogP contribution >= 0.6 is 0 Å². The molecule has 0 bridgehead atoms. The van der Waals surface area contributed by atoms with Crippen molar-refractivity contribution in [2.24, 2.45) is 0 Å². The first-order chi connectivity index (χ1) is 8.79. The zero-order chi connectivity index (χ0) is 12.8. The van der Waals surface area contributed by atoms with Crippen LogP contribution in [0.3, 0.4) is 0 Å². The van der Waals surface area contributed by atoms with Crippen molar-refractivity contribution in [2.45, 2.75) is 13.5 Å². The lowest BCUT2D eigenvalue weighted by atomic mass is 10.1. The number of hydrogen-bond donors (Lipinski definition) is 2. The van der Waals surface area contributed by atoms with E-state index in [1.807, 2.05) is 31.2 Å². The standard InChI is InChI=1S/C14H17N3O/c1-2-16-14(18)10-15-9-11-5-6-13-12(8-11)4-3-7-17-13/h3-8,15H,2,9-10H2,1H3,(H,16,18). The summed E-state index contributed by atoms with van der Waals surface area (Å²) in [4.78, 5) is 15.5. The van der Waals surface area contributed by atoms with Crippen molar-refractivity contribution >= 4 is 16.8 Å². The highest BCUT2D eigenvalue weighted by Gasteiger charge is 2.00. The van der Waals surface area contributed by atoms with E-state index in [9.17, 15) is 4.79 Å². The fourth-order valence-electron chi connectivity index (χ4n) is 1.82. The topological polar surface area (TPSA) is 54.0 Å². The van der Waals surface area contributed by atoms with Crippen molar-refractivity contribution in [1.29, 1.82) is 0 Å². The Labute approximate surface area is 106 Å². The van der Waals surface area contributed by atoms with Crippen molar-refractivity contribution in [3.8, 4) is 0 Å². The molecule has 1 aromatic heterocycles. The Morgan fingerprint density at radius 2 is 2.22 bits per heavy atom. The summed E-state index contributed by atoms with van der Waals surface area (Å²) >= 11 is 0. The van der Waals surface area contributed by atoms with E-state index in [1.54, 1.807) is 6.20 Å². The summed E-state index contributed by atoms with van der Waals surface area (Å²) in [6, 6.07) is 10.1. The second kappa shape index (κ2) is 6.12. The Morgan fingerprint density at radius 1 is 1.33 bits per heavy atom. The summed E-state index contributed by atoms with van der Waals surface area (Å²) in [5, 5.41) is 6.99. The molecule has 0 unspecified atom stereocenters. The van der Waals surface area contributed by atoms with Crippen LogP contribution in [0.4, 0.5) is 0 Å². The maximum absolute atomic E-state index is 11.3. The number of likely N-dealkylation sites (N-methyl/N-ethyl adjacent to an activating group) is 1. The summed E-state index contributed by atoms with van der Waals surface area (Å²) in [5.41, 5.74) is 2.14. The minimum atomic E-state index is 0.0277. The average molecular weight is 243 g/mol.